The zero-order valence-corrected chi connectivity index (χ0v) is 21.5. The Balaban J connectivity index is 1.07. The molecule has 1 aliphatic carbocycles. The van der Waals surface area contributed by atoms with Crippen molar-refractivity contribution in [1.29, 1.82) is 5.26 Å². The van der Waals surface area contributed by atoms with Gasteiger partial charge in [-0.05, 0) is 31.0 Å². The number of rotatable bonds is 6. The Morgan fingerprint density at radius 3 is 2.50 bits per heavy atom. The molecule has 2 aliphatic heterocycles. The van der Waals surface area contributed by atoms with E-state index >= 15 is 0 Å². The molecule has 0 atom stereocenters. The van der Waals surface area contributed by atoms with E-state index in [-0.39, 0.29) is 16.1 Å². The molecule has 38 heavy (non-hydrogen) atoms. The Labute approximate surface area is 224 Å². The first-order chi connectivity index (χ1) is 18.5. The molecule has 0 radical (unpaired) electrons. The van der Waals surface area contributed by atoms with Gasteiger partial charge in [-0.1, -0.05) is 11.6 Å². The summed E-state index contributed by atoms with van der Waals surface area (Å²) in [4.78, 5) is 20.5. The van der Waals surface area contributed by atoms with E-state index < -0.39 is 11.6 Å². The summed E-state index contributed by atoms with van der Waals surface area (Å²) in [7, 11) is 0. The number of anilines is 1. The number of hydrogen-bond donors (Lipinski definition) is 1. The van der Waals surface area contributed by atoms with Crippen LogP contribution >= 0.6 is 11.6 Å². The van der Waals surface area contributed by atoms with Gasteiger partial charge in [0.1, 0.15) is 29.4 Å². The zero-order valence-electron chi connectivity index (χ0n) is 20.7. The zero-order chi connectivity index (χ0) is 26.3. The number of aromatic nitrogens is 3. The molecule has 0 spiro atoms. The summed E-state index contributed by atoms with van der Waals surface area (Å²) in [5, 5.41) is 10.4. The van der Waals surface area contributed by atoms with Gasteiger partial charge in [0.25, 0.3) is 0 Å². The highest BCUT2D eigenvalue weighted by Crippen LogP contribution is 2.45. The molecule has 2 fully saturated rings. The molecule has 6 rings (SSSR count). The minimum atomic E-state index is -0.594. The molecule has 0 bridgehead atoms. The van der Waals surface area contributed by atoms with Gasteiger partial charge in [-0.15, -0.1) is 0 Å². The van der Waals surface area contributed by atoms with Crippen molar-refractivity contribution in [3.05, 3.63) is 77.7 Å². The van der Waals surface area contributed by atoms with E-state index in [0.717, 1.165) is 68.0 Å². The van der Waals surface area contributed by atoms with Crippen molar-refractivity contribution < 1.29 is 8.78 Å². The Bertz CT molecular complexity index is 1420. The Morgan fingerprint density at radius 1 is 1.03 bits per heavy atom. The molecular weight excluding hydrogens is 510 g/mol. The maximum absolute atomic E-state index is 14.2. The topological polar surface area (TPSA) is 78.3 Å². The van der Waals surface area contributed by atoms with Crippen molar-refractivity contribution in [3.63, 3.8) is 0 Å². The molecule has 3 aliphatic rings. The van der Waals surface area contributed by atoms with Gasteiger partial charge in [-0.2, -0.15) is 5.26 Å². The van der Waals surface area contributed by atoms with Gasteiger partial charge in [0.2, 0.25) is 0 Å². The second kappa shape index (κ2) is 9.98. The second-order valence-corrected chi connectivity index (χ2v) is 10.5. The van der Waals surface area contributed by atoms with E-state index in [1.54, 1.807) is 6.33 Å². The summed E-state index contributed by atoms with van der Waals surface area (Å²) in [6.45, 7) is 3.46. The first kappa shape index (κ1) is 24.8. The number of nitrogens with zero attached hydrogens (tertiary/aromatic N) is 7. The van der Waals surface area contributed by atoms with Gasteiger partial charge in [0.15, 0.2) is 0 Å². The van der Waals surface area contributed by atoms with Crippen LogP contribution in [0.2, 0.25) is 5.02 Å². The third kappa shape index (κ3) is 4.41. The maximum Gasteiger partial charge on any atom is 0.149 e. The Kier molecular flexibility index (Phi) is 6.51. The molecule has 4 heterocycles. The van der Waals surface area contributed by atoms with Crippen LogP contribution in [0.1, 0.15) is 24.8 Å². The number of halogens is 3. The minimum absolute atomic E-state index is 0.133. The summed E-state index contributed by atoms with van der Waals surface area (Å²) in [6, 6.07) is 6.91. The van der Waals surface area contributed by atoms with Gasteiger partial charge in [0.05, 0.1) is 28.4 Å². The van der Waals surface area contributed by atoms with Gasteiger partial charge in [-0.25, -0.2) is 18.7 Å². The molecule has 0 amide bonds. The standard InChI is InChI=1S/C27H27ClF2N8/c28-24-21(22(29)1-2-23(24)30)17-35-7-9-36(10-8-35)19-15-27(16-19,4-5-31)38-13-11-37(12-14-38)26-20-3-6-32-25(20)33-18-34-26/h1-3,6,11-14,18-19H,4,7-10,15-17H2,(H,32,33,34). The molecule has 1 N–H and O–H groups in total. The van der Waals surface area contributed by atoms with E-state index in [2.05, 4.69) is 35.7 Å². The van der Waals surface area contributed by atoms with Crippen LogP contribution in [0.5, 0.6) is 0 Å². The van der Waals surface area contributed by atoms with Crippen LogP contribution in [0.4, 0.5) is 14.6 Å². The van der Waals surface area contributed by atoms with Crippen LogP contribution in [0, 0.1) is 23.0 Å². The first-order valence-corrected chi connectivity index (χ1v) is 13.0. The van der Waals surface area contributed by atoms with Crippen LogP contribution in [0.15, 0.2) is 55.5 Å². The van der Waals surface area contributed by atoms with Crippen LogP contribution in [0.25, 0.3) is 11.0 Å². The van der Waals surface area contributed by atoms with Crippen LogP contribution < -0.4 is 4.90 Å². The summed E-state index contributed by atoms with van der Waals surface area (Å²) < 4.78 is 28.0. The SMILES string of the molecule is N#CCC1(N2C=CN(c3ncnc4[nH]ccc34)C=C2)CC(N2CCN(Cc3c(F)ccc(F)c3Cl)CC2)C1. The van der Waals surface area contributed by atoms with Crippen LogP contribution in [0.3, 0.4) is 0 Å². The summed E-state index contributed by atoms with van der Waals surface area (Å²) >= 11 is 6.02. The molecule has 0 unspecified atom stereocenters. The molecule has 2 aromatic heterocycles. The van der Waals surface area contributed by atoms with E-state index in [1.165, 1.54) is 0 Å². The highest BCUT2D eigenvalue weighted by Gasteiger charge is 2.50. The molecule has 1 aromatic carbocycles. The quantitative estimate of drug-likeness (QED) is 0.462. The highest BCUT2D eigenvalue weighted by molar-refractivity contribution is 6.31. The highest BCUT2D eigenvalue weighted by atomic mass is 35.5. The summed E-state index contributed by atoms with van der Waals surface area (Å²) in [6.07, 6.45) is 13.6. The number of fused-ring (bicyclic) bond motifs is 1. The number of benzene rings is 1. The molecular formula is C27H27ClF2N8. The van der Waals surface area contributed by atoms with Gasteiger partial charge >= 0.3 is 0 Å². The van der Waals surface area contributed by atoms with Crippen molar-refractivity contribution in [1.82, 2.24) is 29.7 Å². The van der Waals surface area contributed by atoms with Crippen molar-refractivity contribution >= 4 is 28.5 Å². The molecule has 11 heteroatoms. The van der Waals surface area contributed by atoms with Gasteiger partial charge < -0.3 is 14.8 Å². The molecule has 8 nitrogen and oxygen atoms in total. The number of nitriles is 1. The average Bonchev–Trinajstić information content (AvgIpc) is 3.41. The molecule has 1 saturated carbocycles. The lowest BCUT2D eigenvalue weighted by Crippen LogP contribution is -2.63. The largest absolute Gasteiger partial charge is 0.346 e. The third-order valence-corrected chi connectivity index (χ3v) is 8.39. The predicted octanol–water partition coefficient (Wildman–Crippen LogP) is 4.59. The number of aromatic amines is 1. The van der Waals surface area contributed by atoms with Gasteiger partial charge in [-0.3, -0.25) is 9.80 Å². The maximum atomic E-state index is 14.2. The van der Waals surface area contributed by atoms with Gasteiger partial charge in [0, 0.05) is 75.3 Å². The first-order valence-electron chi connectivity index (χ1n) is 12.6. The van der Waals surface area contributed by atoms with Crippen LogP contribution in [-0.4, -0.2) is 67.4 Å². The lowest BCUT2D eigenvalue weighted by molar-refractivity contribution is -0.0262. The van der Waals surface area contributed by atoms with E-state index in [9.17, 15) is 14.0 Å². The van der Waals surface area contributed by atoms with E-state index in [4.69, 9.17) is 11.6 Å². The summed E-state index contributed by atoms with van der Waals surface area (Å²) in [5.41, 5.74) is 0.753. The number of hydrogen-bond acceptors (Lipinski definition) is 7. The fourth-order valence-corrected chi connectivity index (χ4v) is 6.02. The van der Waals surface area contributed by atoms with E-state index in [0.29, 0.717) is 19.0 Å². The van der Waals surface area contributed by atoms with Crippen molar-refractivity contribution in [2.45, 2.75) is 37.4 Å². The second-order valence-electron chi connectivity index (χ2n) is 10.1. The Hall–Kier alpha value is -3.52. The fourth-order valence-electron chi connectivity index (χ4n) is 5.80. The van der Waals surface area contributed by atoms with Crippen molar-refractivity contribution in [3.8, 4) is 6.07 Å². The summed E-state index contributed by atoms with van der Waals surface area (Å²) in [5.74, 6) is -0.275. The molecule has 1 saturated heterocycles. The lowest BCUT2D eigenvalue weighted by atomic mass is 9.68. The third-order valence-electron chi connectivity index (χ3n) is 7.98. The number of piperazine rings is 1. The molecule has 196 valence electrons. The number of nitrogens with one attached hydrogen (secondary N) is 1. The molecule has 3 aromatic rings. The predicted molar refractivity (Wildman–Crippen MR) is 141 cm³/mol. The fraction of sp³-hybridized carbons (Fsp3) is 0.370. The normalized spacial score (nSPS) is 24.1. The lowest BCUT2D eigenvalue weighted by Gasteiger charge is -2.56. The average molecular weight is 537 g/mol. The minimum Gasteiger partial charge on any atom is -0.346 e. The number of H-pyrrole nitrogens is 1. The smallest absolute Gasteiger partial charge is 0.149 e. The monoisotopic (exact) mass is 536 g/mol. The Morgan fingerprint density at radius 2 is 1.76 bits per heavy atom. The van der Waals surface area contributed by atoms with Crippen molar-refractivity contribution in [2.24, 2.45) is 0 Å². The van der Waals surface area contributed by atoms with Crippen molar-refractivity contribution in [2.75, 3.05) is 31.1 Å². The van der Waals surface area contributed by atoms with E-state index in [1.807, 2.05) is 42.0 Å². The van der Waals surface area contributed by atoms with Crippen LogP contribution in [-0.2, 0) is 6.54 Å².